The zero-order valence-electron chi connectivity index (χ0n) is 10.7. The van der Waals surface area contributed by atoms with Crippen LogP contribution in [-0.2, 0) is 11.8 Å². The Morgan fingerprint density at radius 1 is 1.42 bits per heavy atom. The van der Waals surface area contributed by atoms with E-state index in [4.69, 9.17) is 5.11 Å². The second-order valence-corrected chi connectivity index (χ2v) is 5.03. The number of aromatic nitrogens is 1. The van der Waals surface area contributed by atoms with E-state index in [0.29, 0.717) is 18.4 Å². The fourth-order valence-corrected chi connectivity index (χ4v) is 2.28. The molecule has 6 nitrogen and oxygen atoms in total. The van der Waals surface area contributed by atoms with Gasteiger partial charge in [0.15, 0.2) is 0 Å². The van der Waals surface area contributed by atoms with Gasteiger partial charge in [0.2, 0.25) is 5.56 Å². The zero-order chi connectivity index (χ0) is 14.0. The standard InChI is InChI=1S/C13H16N2O4/c1-15-8-9(3-4-10(15)16)12(19)14-13(5-2-6-13)7-11(17)18/h3-4,8H,2,5-7H2,1H3,(H,14,19)(H,17,18). The molecule has 1 amide bonds. The smallest absolute Gasteiger partial charge is 0.305 e. The van der Waals surface area contributed by atoms with Crippen molar-refractivity contribution in [1.82, 2.24) is 9.88 Å². The Labute approximate surface area is 110 Å². The van der Waals surface area contributed by atoms with Crippen LogP contribution < -0.4 is 10.9 Å². The Balaban J connectivity index is 2.13. The normalized spacial score (nSPS) is 16.5. The summed E-state index contributed by atoms with van der Waals surface area (Å²) in [7, 11) is 1.56. The van der Waals surface area contributed by atoms with Crippen molar-refractivity contribution in [3.05, 3.63) is 34.2 Å². The molecule has 1 aliphatic carbocycles. The molecule has 1 aliphatic rings. The Hall–Kier alpha value is -2.11. The highest BCUT2D eigenvalue weighted by molar-refractivity contribution is 5.94. The van der Waals surface area contributed by atoms with Crippen LogP contribution in [0.3, 0.4) is 0 Å². The zero-order valence-corrected chi connectivity index (χ0v) is 10.7. The van der Waals surface area contributed by atoms with Gasteiger partial charge in [-0.1, -0.05) is 0 Å². The number of carbonyl (C=O) groups is 2. The first-order chi connectivity index (χ1) is 8.92. The monoisotopic (exact) mass is 264 g/mol. The van der Waals surface area contributed by atoms with Gasteiger partial charge in [-0.15, -0.1) is 0 Å². The predicted molar refractivity (Wildman–Crippen MR) is 68.0 cm³/mol. The number of amides is 1. The van der Waals surface area contributed by atoms with Crippen molar-refractivity contribution in [3.63, 3.8) is 0 Å². The Morgan fingerprint density at radius 3 is 2.58 bits per heavy atom. The Morgan fingerprint density at radius 2 is 2.11 bits per heavy atom. The molecule has 0 bridgehead atoms. The third-order valence-corrected chi connectivity index (χ3v) is 3.53. The summed E-state index contributed by atoms with van der Waals surface area (Å²) in [5.74, 6) is -1.25. The molecule has 19 heavy (non-hydrogen) atoms. The molecule has 0 aliphatic heterocycles. The van der Waals surface area contributed by atoms with Gasteiger partial charge in [0.25, 0.3) is 5.91 Å². The van der Waals surface area contributed by atoms with Crippen LogP contribution in [0.1, 0.15) is 36.0 Å². The fraction of sp³-hybridized carbons (Fsp3) is 0.462. The lowest BCUT2D eigenvalue weighted by Gasteiger charge is -2.41. The number of nitrogens with zero attached hydrogens (tertiary/aromatic N) is 1. The van der Waals surface area contributed by atoms with Crippen LogP contribution in [0.25, 0.3) is 0 Å². The number of aryl methyl sites for hydroxylation is 1. The lowest BCUT2D eigenvalue weighted by atomic mass is 9.74. The minimum atomic E-state index is -0.916. The van der Waals surface area contributed by atoms with E-state index in [1.807, 2.05) is 0 Å². The SMILES string of the molecule is Cn1cc(C(=O)NC2(CC(=O)O)CCC2)ccc1=O. The van der Waals surface area contributed by atoms with Gasteiger partial charge in [-0.05, 0) is 25.3 Å². The molecular formula is C13H16N2O4. The van der Waals surface area contributed by atoms with Crippen molar-refractivity contribution in [3.8, 4) is 0 Å². The third kappa shape index (κ3) is 2.83. The molecule has 1 saturated carbocycles. The van der Waals surface area contributed by atoms with Crippen molar-refractivity contribution in [2.45, 2.75) is 31.2 Å². The number of hydrogen-bond donors (Lipinski definition) is 2. The predicted octanol–water partition coefficient (Wildman–Crippen LogP) is 0.512. The van der Waals surface area contributed by atoms with Crippen LogP contribution >= 0.6 is 0 Å². The molecule has 1 heterocycles. The highest BCUT2D eigenvalue weighted by Gasteiger charge is 2.40. The Bertz CT molecular complexity index is 572. The largest absolute Gasteiger partial charge is 0.481 e. The number of aliphatic carboxylic acids is 1. The lowest BCUT2D eigenvalue weighted by Crippen LogP contribution is -2.54. The van der Waals surface area contributed by atoms with Crippen molar-refractivity contribution in [2.75, 3.05) is 0 Å². The summed E-state index contributed by atoms with van der Waals surface area (Å²) in [6.07, 6.45) is 3.66. The number of carboxylic acid groups (broad SMARTS) is 1. The number of hydrogen-bond acceptors (Lipinski definition) is 3. The third-order valence-electron chi connectivity index (χ3n) is 3.53. The van der Waals surface area contributed by atoms with Gasteiger partial charge >= 0.3 is 5.97 Å². The molecule has 0 unspecified atom stereocenters. The summed E-state index contributed by atoms with van der Waals surface area (Å²) in [6, 6.07) is 2.77. The van der Waals surface area contributed by atoms with E-state index in [1.54, 1.807) is 7.05 Å². The van der Waals surface area contributed by atoms with E-state index in [0.717, 1.165) is 6.42 Å². The number of rotatable bonds is 4. The highest BCUT2D eigenvalue weighted by Crippen LogP contribution is 2.35. The summed E-state index contributed by atoms with van der Waals surface area (Å²) in [5.41, 5.74) is -0.461. The van der Waals surface area contributed by atoms with E-state index >= 15 is 0 Å². The summed E-state index contributed by atoms with van der Waals surface area (Å²) in [5, 5.41) is 11.7. The molecule has 1 aromatic heterocycles. The maximum atomic E-state index is 12.1. The van der Waals surface area contributed by atoms with Crippen LogP contribution in [0.15, 0.2) is 23.1 Å². The molecule has 0 saturated heterocycles. The molecule has 2 rings (SSSR count). The van der Waals surface area contributed by atoms with Crippen LogP contribution in [0.5, 0.6) is 0 Å². The molecule has 102 valence electrons. The molecule has 0 aromatic carbocycles. The molecule has 0 atom stereocenters. The van der Waals surface area contributed by atoms with Crippen molar-refractivity contribution < 1.29 is 14.7 Å². The van der Waals surface area contributed by atoms with Gasteiger partial charge < -0.3 is 15.0 Å². The molecule has 1 fully saturated rings. The van der Waals surface area contributed by atoms with E-state index < -0.39 is 11.5 Å². The summed E-state index contributed by atoms with van der Waals surface area (Å²) in [4.78, 5) is 34.2. The maximum absolute atomic E-state index is 12.1. The number of carboxylic acids is 1. The van der Waals surface area contributed by atoms with E-state index in [1.165, 1.54) is 22.9 Å². The lowest BCUT2D eigenvalue weighted by molar-refractivity contribution is -0.139. The minimum absolute atomic E-state index is 0.0650. The minimum Gasteiger partial charge on any atom is -0.481 e. The van der Waals surface area contributed by atoms with Gasteiger partial charge in [-0.3, -0.25) is 14.4 Å². The highest BCUT2D eigenvalue weighted by atomic mass is 16.4. The van der Waals surface area contributed by atoms with Gasteiger partial charge in [0, 0.05) is 19.3 Å². The van der Waals surface area contributed by atoms with Crippen molar-refractivity contribution in [2.24, 2.45) is 7.05 Å². The van der Waals surface area contributed by atoms with Gasteiger partial charge in [-0.25, -0.2) is 0 Å². The topological polar surface area (TPSA) is 88.4 Å². The average Bonchev–Trinajstić information content (AvgIpc) is 2.29. The second-order valence-electron chi connectivity index (χ2n) is 5.03. The number of nitrogens with one attached hydrogen (secondary N) is 1. The molecule has 0 spiro atoms. The first-order valence-electron chi connectivity index (χ1n) is 6.13. The molecular weight excluding hydrogens is 248 g/mol. The van der Waals surface area contributed by atoms with Gasteiger partial charge in [0.1, 0.15) is 0 Å². The van der Waals surface area contributed by atoms with Crippen LogP contribution in [0, 0.1) is 0 Å². The molecule has 0 radical (unpaired) electrons. The van der Waals surface area contributed by atoms with Gasteiger partial charge in [0.05, 0.1) is 17.5 Å². The second kappa shape index (κ2) is 4.87. The van der Waals surface area contributed by atoms with Crippen LogP contribution in [0.2, 0.25) is 0 Å². The van der Waals surface area contributed by atoms with E-state index in [9.17, 15) is 14.4 Å². The van der Waals surface area contributed by atoms with Crippen LogP contribution in [0.4, 0.5) is 0 Å². The van der Waals surface area contributed by atoms with Crippen molar-refractivity contribution >= 4 is 11.9 Å². The first kappa shape index (κ1) is 13.3. The Kier molecular flexibility index (Phi) is 3.42. The number of carbonyl (C=O) groups excluding carboxylic acids is 1. The van der Waals surface area contributed by atoms with Gasteiger partial charge in [-0.2, -0.15) is 0 Å². The average molecular weight is 264 g/mol. The first-order valence-corrected chi connectivity index (χ1v) is 6.13. The summed E-state index contributed by atoms with van der Waals surface area (Å²) >= 11 is 0. The molecule has 6 heteroatoms. The maximum Gasteiger partial charge on any atom is 0.305 e. The molecule has 2 N–H and O–H groups in total. The quantitative estimate of drug-likeness (QED) is 0.829. The summed E-state index contributed by atoms with van der Waals surface area (Å²) < 4.78 is 1.32. The molecule has 1 aromatic rings. The summed E-state index contributed by atoms with van der Waals surface area (Å²) in [6.45, 7) is 0. The fourth-order valence-electron chi connectivity index (χ4n) is 2.28. The van der Waals surface area contributed by atoms with Crippen molar-refractivity contribution in [1.29, 1.82) is 0 Å². The van der Waals surface area contributed by atoms with Crippen LogP contribution in [-0.4, -0.2) is 27.1 Å². The number of pyridine rings is 1. The van der Waals surface area contributed by atoms with E-state index in [2.05, 4.69) is 5.32 Å². The van der Waals surface area contributed by atoms with E-state index in [-0.39, 0.29) is 17.9 Å².